The average molecular weight is 221 g/mol. The van der Waals surface area contributed by atoms with Gasteiger partial charge in [-0.05, 0) is 33.6 Å². The van der Waals surface area contributed by atoms with Crippen molar-refractivity contribution in [3.05, 3.63) is 17.6 Å². The van der Waals surface area contributed by atoms with Gasteiger partial charge < -0.3 is 10.1 Å². The molecule has 1 N–H and O–H groups in total. The Bertz CT molecular complexity index is 367. The van der Waals surface area contributed by atoms with Crippen LogP contribution in [0, 0.1) is 6.92 Å². The molecule has 2 unspecified atom stereocenters. The Morgan fingerprint density at radius 1 is 1.44 bits per heavy atom. The summed E-state index contributed by atoms with van der Waals surface area (Å²) in [5.74, 6) is 1.72. The molecule has 1 aliphatic heterocycles. The highest BCUT2D eigenvalue weighted by Crippen LogP contribution is 2.30. The van der Waals surface area contributed by atoms with Gasteiger partial charge in [0.05, 0.1) is 6.10 Å². The Morgan fingerprint density at radius 2 is 2.25 bits per heavy atom. The van der Waals surface area contributed by atoms with Crippen molar-refractivity contribution in [3.8, 4) is 0 Å². The Labute approximate surface area is 96.4 Å². The highest BCUT2D eigenvalue weighted by Gasteiger charge is 2.25. The highest BCUT2D eigenvalue weighted by atomic mass is 16.5. The van der Waals surface area contributed by atoms with Crippen LogP contribution in [0.1, 0.15) is 44.3 Å². The third-order valence-corrected chi connectivity index (χ3v) is 2.75. The van der Waals surface area contributed by atoms with Gasteiger partial charge in [0.25, 0.3) is 0 Å². The van der Waals surface area contributed by atoms with Gasteiger partial charge in [0, 0.05) is 18.3 Å². The first-order valence-electron chi connectivity index (χ1n) is 5.94. The van der Waals surface area contributed by atoms with Crippen LogP contribution in [-0.2, 0) is 4.74 Å². The molecule has 16 heavy (non-hydrogen) atoms. The van der Waals surface area contributed by atoms with Gasteiger partial charge in [0.15, 0.2) is 5.82 Å². The lowest BCUT2D eigenvalue weighted by Gasteiger charge is -2.12. The second-order valence-corrected chi connectivity index (χ2v) is 4.30. The van der Waals surface area contributed by atoms with E-state index in [2.05, 4.69) is 29.1 Å². The second kappa shape index (κ2) is 4.78. The number of rotatable bonds is 3. The van der Waals surface area contributed by atoms with Crippen molar-refractivity contribution in [3.63, 3.8) is 0 Å². The summed E-state index contributed by atoms with van der Waals surface area (Å²) in [6.07, 6.45) is 2.53. The fourth-order valence-electron chi connectivity index (χ4n) is 2.00. The van der Waals surface area contributed by atoms with Crippen molar-refractivity contribution >= 4 is 5.82 Å². The molecule has 88 valence electrons. The SMILES string of the molecule is CCNc1cc(C)nc(C2CCC(C)O2)n1. The van der Waals surface area contributed by atoms with Gasteiger partial charge in [-0.15, -0.1) is 0 Å². The van der Waals surface area contributed by atoms with Crippen molar-refractivity contribution in [1.29, 1.82) is 0 Å². The van der Waals surface area contributed by atoms with E-state index in [0.717, 1.165) is 36.7 Å². The zero-order valence-electron chi connectivity index (χ0n) is 10.2. The molecule has 2 heterocycles. The minimum absolute atomic E-state index is 0.0762. The number of hydrogen-bond acceptors (Lipinski definition) is 4. The number of hydrogen-bond donors (Lipinski definition) is 1. The van der Waals surface area contributed by atoms with E-state index in [4.69, 9.17) is 4.74 Å². The molecule has 1 fully saturated rings. The number of nitrogens with one attached hydrogen (secondary N) is 1. The lowest BCUT2D eigenvalue weighted by Crippen LogP contribution is -2.09. The normalized spacial score (nSPS) is 24.7. The van der Waals surface area contributed by atoms with E-state index in [9.17, 15) is 0 Å². The Morgan fingerprint density at radius 3 is 2.88 bits per heavy atom. The molecule has 2 rings (SSSR count). The molecule has 1 saturated heterocycles. The second-order valence-electron chi connectivity index (χ2n) is 4.30. The first-order chi connectivity index (χ1) is 7.69. The van der Waals surface area contributed by atoms with Crippen LogP contribution in [-0.4, -0.2) is 22.6 Å². The molecule has 1 aromatic heterocycles. The van der Waals surface area contributed by atoms with E-state index in [-0.39, 0.29) is 6.10 Å². The van der Waals surface area contributed by atoms with E-state index in [1.807, 2.05) is 13.0 Å². The van der Waals surface area contributed by atoms with Crippen LogP contribution in [0.25, 0.3) is 0 Å². The smallest absolute Gasteiger partial charge is 0.159 e. The van der Waals surface area contributed by atoms with Gasteiger partial charge in [0.2, 0.25) is 0 Å². The number of anilines is 1. The summed E-state index contributed by atoms with van der Waals surface area (Å²) in [4.78, 5) is 8.95. The van der Waals surface area contributed by atoms with Gasteiger partial charge >= 0.3 is 0 Å². The summed E-state index contributed by atoms with van der Waals surface area (Å²) in [6, 6.07) is 1.96. The van der Waals surface area contributed by atoms with Crippen molar-refractivity contribution < 1.29 is 4.74 Å². The Balaban J connectivity index is 2.20. The van der Waals surface area contributed by atoms with Crippen LogP contribution < -0.4 is 5.32 Å². The molecular weight excluding hydrogens is 202 g/mol. The standard InChI is InChI=1S/C12H19N3O/c1-4-13-11-7-8(2)14-12(15-11)10-6-5-9(3)16-10/h7,9-10H,4-6H2,1-3H3,(H,13,14,15). The largest absolute Gasteiger partial charge is 0.370 e. The monoisotopic (exact) mass is 221 g/mol. The molecule has 0 amide bonds. The molecule has 0 aromatic carbocycles. The van der Waals surface area contributed by atoms with E-state index in [1.54, 1.807) is 0 Å². The van der Waals surface area contributed by atoms with Crippen LogP contribution in [0.4, 0.5) is 5.82 Å². The number of aryl methyl sites for hydroxylation is 1. The average Bonchev–Trinajstić information content (AvgIpc) is 2.64. The lowest BCUT2D eigenvalue weighted by molar-refractivity contribution is 0.0503. The molecule has 0 spiro atoms. The number of ether oxygens (including phenoxy) is 1. The first-order valence-corrected chi connectivity index (χ1v) is 5.94. The minimum atomic E-state index is 0.0762. The highest BCUT2D eigenvalue weighted by molar-refractivity contribution is 5.35. The fraction of sp³-hybridized carbons (Fsp3) is 0.667. The van der Waals surface area contributed by atoms with Gasteiger partial charge in [-0.25, -0.2) is 9.97 Å². The predicted molar refractivity (Wildman–Crippen MR) is 63.5 cm³/mol. The minimum Gasteiger partial charge on any atom is -0.370 e. The van der Waals surface area contributed by atoms with E-state index < -0.39 is 0 Å². The van der Waals surface area contributed by atoms with Crippen molar-refractivity contribution in [2.24, 2.45) is 0 Å². The maximum absolute atomic E-state index is 5.78. The maximum Gasteiger partial charge on any atom is 0.159 e. The van der Waals surface area contributed by atoms with Gasteiger partial charge in [-0.3, -0.25) is 0 Å². The maximum atomic E-state index is 5.78. The quantitative estimate of drug-likeness (QED) is 0.851. The van der Waals surface area contributed by atoms with Crippen LogP contribution in [0.2, 0.25) is 0 Å². The molecule has 0 radical (unpaired) electrons. The molecule has 0 saturated carbocycles. The zero-order valence-corrected chi connectivity index (χ0v) is 10.2. The topological polar surface area (TPSA) is 47.0 Å². The molecule has 2 atom stereocenters. The van der Waals surface area contributed by atoms with Crippen molar-refractivity contribution in [1.82, 2.24) is 9.97 Å². The van der Waals surface area contributed by atoms with Crippen LogP contribution >= 0.6 is 0 Å². The first kappa shape index (κ1) is 11.3. The summed E-state index contributed by atoms with van der Waals surface area (Å²) in [5, 5.41) is 3.22. The molecule has 1 aliphatic rings. The fourth-order valence-corrected chi connectivity index (χ4v) is 2.00. The van der Waals surface area contributed by atoms with Gasteiger partial charge in [-0.1, -0.05) is 0 Å². The molecule has 0 aliphatic carbocycles. The van der Waals surface area contributed by atoms with E-state index in [0.29, 0.717) is 6.10 Å². The van der Waals surface area contributed by atoms with Crippen LogP contribution in [0.3, 0.4) is 0 Å². The summed E-state index contributed by atoms with van der Waals surface area (Å²) >= 11 is 0. The number of nitrogens with zero attached hydrogens (tertiary/aromatic N) is 2. The zero-order chi connectivity index (χ0) is 11.5. The lowest BCUT2D eigenvalue weighted by atomic mass is 10.2. The molecule has 1 aromatic rings. The summed E-state index contributed by atoms with van der Waals surface area (Å²) in [6.45, 7) is 7.02. The third-order valence-electron chi connectivity index (χ3n) is 2.75. The summed E-state index contributed by atoms with van der Waals surface area (Å²) in [7, 11) is 0. The molecule has 4 nitrogen and oxygen atoms in total. The van der Waals surface area contributed by atoms with Gasteiger partial charge in [-0.2, -0.15) is 0 Å². The number of aromatic nitrogens is 2. The van der Waals surface area contributed by atoms with E-state index in [1.165, 1.54) is 0 Å². The molecule has 4 heteroatoms. The Kier molecular flexibility index (Phi) is 3.39. The van der Waals surface area contributed by atoms with Crippen molar-refractivity contribution in [2.75, 3.05) is 11.9 Å². The van der Waals surface area contributed by atoms with E-state index >= 15 is 0 Å². The molecular formula is C12H19N3O. The van der Waals surface area contributed by atoms with Crippen LogP contribution in [0.5, 0.6) is 0 Å². The third kappa shape index (κ3) is 2.50. The van der Waals surface area contributed by atoms with Gasteiger partial charge in [0.1, 0.15) is 11.9 Å². The van der Waals surface area contributed by atoms with Crippen molar-refractivity contribution in [2.45, 2.75) is 45.8 Å². The predicted octanol–water partition coefficient (Wildman–Crippen LogP) is 2.46. The Hall–Kier alpha value is -1.16. The summed E-state index contributed by atoms with van der Waals surface area (Å²) < 4.78 is 5.78. The summed E-state index contributed by atoms with van der Waals surface area (Å²) in [5.41, 5.74) is 0.990. The van der Waals surface area contributed by atoms with Crippen LogP contribution in [0.15, 0.2) is 6.07 Å². The molecule has 0 bridgehead atoms.